The van der Waals surface area contributed by atoms with Crippen molar-refractivity contribution in [1.82, 2.24) is 5.32 Å². The number of nitrogens with two attached hydrogens (primary N) is 1. The number of nitrogens with one attached hydrogen (secondary N) is 1. The molecule has 2 aromatic carbocycles. The van der Waals surface area contributed by atoms with Gasteiger partial charge in [0.1, 0.15) is 5.82 Å². The van der Waals surface area contributed by atoms with Crippen LogP contribution in [0.4, 0.5) is 23.2 Å². The molecule has 0 unspecified atom stereocenters. The number of nitrogens with zero attached hydrogens (tertiary/aromatic N) is 2. The third-order valence-corrected chi connectivity index (χ3v) is 6.81. The zero-order valence-corrected chi connectivity index (χ0v) is 20.4. The molecule has 0 saturated heterocycles. The summed E-state index contributed by atoms with van der Waals surface area (Å²) in [7, 11) is 3.65. The van der Waals surface area contributed by atoms with Gasteiger partial charge in [0.05, 0.1) is 11.4 Å². The number of hydrogen-bond donors (Lipinski definition) is 2. The number of carbonyl (C=O) groups is 3. The molecule has 0 spiro atoms. The van der Waals surface area contributed by atoms with Crippen LogP contribution in [0.25, 0.3) is 0 Å². The summed E-state index contributed by atoms with van der Waals surface area (Å²) in [6.07, 6.45) is -6.43. The lowest BCUT2D eigenvalue weighted by Gasteiger charge is -2.27. The number of rotatable bonds is 9. The Morgan fingerprint density at radius 1 is 1.11 bits per heavy atom. The van der Waals surface area contributed by atoms with Crippen molar-refractivity contribution in [3.05, 3.63) is 72.5 Å². The fourth-order valence-electron chi connectivity index (χ4n) is 4.68. The first kappa shape index (κ1) is 27.3. The maximum atomic E-state index is 14.9. The van der Waals surface area contributed by atoms with Gasteiger partial charge in [-0.15, -0.1) is 0 Å². The van der Waals surface area contributed by atoms with Crippen LogP contribution in [0.15, 0.2) is 53.5 Å². The standard InChI is InChI=1S/C27H27F4N4O3/c1-35-22-18(8-5-9-20(22)28)21(16-6-3-2-4-7-16)33-24(26(35)38)34-25(37)17(12-13-27(29,30)31)19(23(32)36)14-15-10-11-15/h2-9,15,17,19,24H,1,10-14H2,(H2,32,36)(H,34,37)/t17-,19+,24-/m1/s1. The third-order valence-electron chi connectivity index (χ3n) is 6.81. The van der Waals surface area contributed by atoms with Crippen LogP contribution < -0.4 is 16.0 Å². The van der Waals surface area contributed by atoms with Crippen LogP contribution in [0.2, 0.25) is 0 Å². The number of benzodiazepines with no additional fused rings is 1. The molecular weight excluding hydrogens is 504 g/mol. The average molecular weight is 532 g/mol. The quantitative estimate of drug-likeness (QED) is 0.476. The van der Waals surface area contributed by atoms with Crippen LogP contribution in [0.3, 0.4) is 0 Å². The van der Waals surface area contributed by atoms with Gasteiger partial charge in [0.25, 0.3) is 5.91 Å². The zero-order chi connectivity index (χ0) is 27.6. The minimum Gasteiger partial charge on any atom is -0.369 e. The Labute approximate surface area is 217 Å². The molecule has 0 bridgehead atoms. The number of para-hydroxylation sites is 1. The molecule has 11 heteroatoms. The maximum Gasteiger partial charge on any atom is 0.389 e. The Bertz CT molecular complexity index is 1240. The lowest BCUT2D eigenvalue weighted by molar-refractivity contribution is -0.146. The van der Waals surface area contributed by atoms with Gasteiger partial charge in [-0.25, -0.2) is 9.38 Å². The normalized spacial score (nSPS) is 19.2. The summed E-state index contributed by atoms with van der Waals surface area (Å²) >= 11 is 0. The molecule has 2 aliphatic rings. The van der Waals surface area contributed by atoms with E-state index in [4.69, 9.17) is 5.73 Å². The third kappa shape index (κ3) is 6.20. The summed E-state index contributed by atoms with van der Waals surface area (Å²) in [4.78, 5) is 44.1. The second-order valence-corrected chi connectivity index (χ2v) is 9.61. The Morgan fingerprint density at radius 3 is 2.39 bits per heavy atom. The van der Waals surface area contributed by atoms with Gasteiger partial charge < -0.3 is 16.0 Å². The molecule has 3 amide bonds. The lowest BCUT2D eigenvalue weighted by Crippen LogP contribution is -2.49. The Balaban J connectivity index is 1.71. The molecule has 1 heterocycles. The van der Waals surface area contributed by atoms with Gasteiger partial charge in [-0.3, -0.25) is 14.4 Å². The van der Waals surface area contributed by atoms with Crippen LogP contribution >= 0.6 is 0 Å². The highest BCUT2D eigenvalue weighted by molar-refractivity contribution is 6.20. The van der Waals surface area contributed by atoms with Gasteiger partial charge in [0.15, 0.2) is 0 Å². The van der Waals surface area contributed by atoms with E-state index in [2.05, 4.69) is 17.4 Å². The average Bonchev–Trinajstić information content (AvgIpc) is 3.69. The van der Waals surface area contributed by atoms with E-state index in [-0.39, 0.29) is 29.3 Å². The molecule has 3 atom stereocenters. The molecule has 7 nitrogen and oxygen atoms in total. The number of anilines is 1. The van der Waals surface area contributed by atoms with E-state index in [1.54, 1.807) is 36.4 Å². The summed E-state index contributed by atoms with van der Waals surface area (Å²) < 4.78 is 54.2. The van der Waals surface area contributed by atoms with E-state index in [0.29, 0.717) is 5.56 Å². The van der Waals surface area contributed by atoms with Crippen molar-refractivity contribution in [2.45, 2.75) is 44.4 Å². The summed E-state index contributed by atoms with van der Waals surface area (Å²) in [5, 5.41) is 2.40. The van der Waals surface area contributed by atoms with Crippen LogP contribution in [0, 0.1) is 30.6 Å². The smallest absolute Gasteiger partial charge is 0.369 e. The van der Waals surface area contributed by atoms with Crippen LogP contribution in [-0.4, -0.2) is 35.8 Å². The van der Waals surface area contributed by atoms with E-state index in [1.807, 2.05) is 0 Å². The van der Waals surface area contributed by atoms with Gasteiger partial charge in [-0.1, -0.05) is 55.3 Å². The predicted octanol–water partition coefficient (Wildman–Crippen LogP) is 4.10. The Kier molecular flexibility index (Phi) is 7.84. The van der Waals surface area contributed by atoms with Crippen molar-refractivity contribution in [3.8, 4) is 0 Å². The highest BCUT2D eigenvalue weighted by Gasteiger charge is 2.41. The molecule has 1 fully saturated rings. The molecular formula is C27H27F4N4O3. The number of amides is 3. The molecule has 1 radical (unpaired) electrons. The number of fused-ring (bicyclic) bond motifs is 1. The van der Waals surface area contributed by atoms with Crippen molar-refractivity contribution in [3.63, 3.8) is 0 Å². The minimum atomic E-state index is -4.57. The first-order chi connectivity index (χ1) is 18.0. The van der Waals surface area contributed by atoms with Gasteiger partial charge >= 0.3 is 6.18 Å². The molecule has 1 aliphatic heterocycles. The van der Waals surface area contributed by atoms with Crippen LogP contribution in [-0.2, 0) is 14.4 Å². The molecule has 1 aliphatic carbocycles. The van der Waals surface area contributed by atoms with Crippen LogP contribution in [0.5, 0.6) is 0 Å². The molecule has 3 N–H and O–H groups in total. The summed E-state index contributed by atoms with van der Waals surface area (Å²) in [5.41, 5.74) is 6.30. The molecule has 38 heavy (non-hydrogen) atoms. The van der Waals surface area contributed by atoms with Gasteiger partial charge in [0.2, 0.25) is 18.0 Å². The fraction of sp³-hybridized carbons (Fsp3) is 0.370. The zero-order valence-electron chi connectivity index (χ0n) is 20.4. The number of aliphatic imine (C=N–C) groups is 1. The highest BCUT2D eigenvalue weighted by atomic mass is 19.4. The summed E-state index contributed by atoms with van der Waals surface area (Å²) in [6.45, 7) is 0. The fourth-order valence-corrected chi connectivity index (χ4v) is 4.68. The van der Waals surface area contributed by atoms with Crippen molar-refractivity contribution >= 4 is 29.1 Å². The second kappa shape index (κ2) is 10.9. The van der Waals surface area contributed by atoms with E-state index in [9.17, 15) is 31.9 Å². The second-order valence-electron chi connectivity index (χ2n) is 9.61. The number of carbonyl (C=O) groups excluding carboxylic acids is 3. The molecule has 2 aromatic rings. The SMILES string of the molecule is [CH2]N1C(=O)[C@@H](NC(=O)[C@H](CCC(F)(F)F)[C@H](CC2CC2)C(N)=O)N=C(c2ccccc2)c2cccc(F)c21. The van der Waals surface area contributed by atoms with Gasteiger partial charge in [0, 0.05) is 36.4 Å². The Hall–Kier alpha value is -3.76. The first-order valence-electron chi connectivity index (χ1n) is 12.2. The van der Waals surface area contributed by atoms with Crippen molar-refractivity contribution < 1.29 is 31.9 Å². The minimum absolute atomic E-state index is 0.101. The van der Waals surface area contributed by atoms with E-state index in [1.165, 1.54) is 6.07 Å². The molecule has 201 valence electrons. The lowest BCUT2D eigenvalue weighted by atomic mass is 9.83. The number of benzene rings is 2. The molecule has 4 rings (SSSR count). The summed E-state index contributed by atoms with van der Waals surface area (Å²) in [6, 6.07) is 12.7. The molecule has 0 aromatic heterocycles. The highest BCUT2D eigenvalue weighted by Crippen LogP contribution is 2.39. The Morgan fingerprint density at radius 2 is 1.79 bits per heavy atom. The predicted molar refractivity (Wildman–Crippen MR) is 132 cm³/mol. The maximum absolute atomic E-state index is 14.9. The summed E-state index contributed by atoms with van der Waals surface area (Å²) in [5.74, 6) is -5.97. The van der Waals surface area contributed by atoms with Crippen molar-refractivity contribution in [1.29, 1.82) is 0 Å². The van der Waals surface area contributed by atoms with E-state index in [0.717, 1.165) is 23.8 Å². The van der Waals surface area contributed by atoms with Gasteiger partial charge in [-0.2, -0.15) is 13.2 Å². The number of alkyl halides is 3. The number of primary amides is 1. The van der Waals surface area contributed by atoms with Crippen molar-refractivity contribution in [2.24, 2.45) is 28.5 Å². The van der Waals surface area contributed by atoms with E-state index >= 15 is 0 Å². The topological polar surface area (TPSA) is 105 Å². The first-order valence-corrected chi connectivity index (χ1v) is 12.2. The van der Waals surface area contributed by atoms with Gasteiger partial charge in [-0.05, 0) is 24.8 Å². The number of hydrogen-bond acceptors (Lipinski definition) is 4. The van der Waals surface area contributed by atoms with E-state index < -0.39 is 60.6 Å². The van der Waals surface area contributed by atoms with Crippen LogP contribution in [0.1, 0.15) is 43.2 Å². The monoisotopic (exact) mass is 531 g/mol. The number of halogens is 4. The van der Waals surface area contributed by atoms with Crippen molar-refractivity contribution in [2.75, 3.05) is 4.90 Å². The largest absolute Gasteiger partial charge is 0.389 e. The molecule has 1 saturated carbocycles.